The monoisotopic (exact) mass is 409 g/mol. The topological polar surface area (TPSA) is 60.8 Å². The number of amides is 2. The summed E-state index contributed by atoms with van der Waals surface area (Å²) in [6, 6.07) is 6.30. The van der Waals surface area contributed by atoms with E-state index in [1.54, 1.807) is 23.7 Å². The number of hydrogen-bond acceptors (Lipinski definition) is 5. The quantitative estimate of drug-likeness (QED) is 0.829. The predicted octanol–water partition coefficient (Wildman–Crippen LogP) is 4.05. The Morgan fingerprint density at radius 2 is 2.17 bits per heavy atom. The lowest BCUT2D eigenvalue weighted by atomic mass is 9.93. The van der Waals surface area contributed by atoms with Crippen LogP contribution in [-0.2, 0) is 6.54 Å². The van der Waals surface area contributed by atoms with Crippen molar-refractivity contribution in [1.29, 1.82) is 0 Å². The molecule has 2 amide bonds. The maximum Gasteiger partial charge on any atom is 0.328 e. The van der Waals surface area contributed by atoms with Gasteiger partial charge in [-0.15, -0.1) is 0 Å². The number of urea groups is 1. The van der Waals surface area contributed by atoms with Gasteiger partial charge in [0.1, 0.15) is 11.4 Å². The number of pyridine rings is 1. The number of thiophene rings is 1. The molecule has 2 aromatic heterocycles. The van der Waals surface area contributed by atoms with Crippen molar-refractivity contribution in [3.63, 3.8) is 0 Å². The number of aliphatic imine (C=N–C) groups is 1. The normalized spacial score (nSPS) is 27.2. The van der Waals surface area contributed by atoms with E-state index in [2.05, 4.69) is 32.0 Å². The standard InChI is InChI=1S/C22H27N5OS/c28-21-25-20(24-18-5-2-1-3-6-18)22(27(21)19-7-4-10-23-13-19)9-11-26(16-22)14-17-8-12-29-15-17/h4,7-8,10,12-13,15,18H,1-3,5-6,9,11,14,16H2,(H,24,25,28). The molecule has 6 nitrogen and oxygen atoms in total. The summed E-state index contributed by atoms with van der Waals surface area (Å²) < 4.78 is 0. The van der Waals surface area contributed by atoms with Crippen LogP contribution >= 0.6 is 11.3 Å². The molecule has 1 unspecified atom stereocenters. The third-order valence-electron chi connectivity index (χ3n) is 6.40. The van der Waals surface area contributed by atoms with Crippen LogP contribution in [0.2, 0.25) is 0 Å². The summed E-state index contributed by atoms with van der Waals surface area (Å²) in [5.41, 5.74) is 1.76. The van der Waals surface area contributed by atoms with Gasteiger partial charge < -0.3 is 0 Å². The van der Waals surface area contributed by atoms with Gasteiger partial charge >= 0.3 is 6.03 Å². The Labute approximate surface area is 175 Å². The van der Waals surface area contributed by atoms with E-state index in [0.29, 0.717) is 6.04 Å². The van der Waals surface area contributed by atoms with Gasteiger partial charge in [-0.1, -0.05) is 19.3 Å². The zero-order valence-corrected chi connectivity index (χ0v) is 17.4. The molecule has 1 saturated carbocycles. The Bertz CT molecular complexity index is 878. The second-order valence-corrected chi connectivity index (χ2v) is 9.15. The summed E-state index contributed by atoms with van der Waals surface area (Å²) in [5.74, 6) is 0.867. The minimum absolute atomic E-state index is 0.0788. The molecule has 1 aliphatic carbocycles. The van der Waals surface area contributed by atoms with Crippen LogP contribution in [0.25, 0.3) is 0 Å². The summed E-state index contributed by atoms with van der Waals surface area (Å²) in [6.07, 6.45) is 10.4. The Morgan fingerprint density at radius 3 is 2.93 bits per heavy atom. The molecule has 2 aromatic rings. The van der Waals surface area contributed by atoms with Gasteiger partial charge in [-0.05, 0) is 53.8 Å². The average molecular weight is 410 g/mol. The Morgan fingerprint density at radius 1 is 1.28 bits per heavy atom. The molecule has 0 aromatic carbocycles. The molecule has 1 N–H and O–H groups in total. The maximum atomic E-state index is 13.1. The molecule has 3 aliphatic rings. The zero-order valence-electron chi connectivity index (χ0n) is 16.6. The van der Waals surface area contributed by atoms with Gasteiger partial charge in [0.2, 0.25) is 0 Å². The number of rotatable bonds is 4. The van der Waals surface area contributed by atoms with Crippen LogP contribution in [-0.4, -0.2) is 46.4 Å². The van der Waals surface area contributed by atoms with Gasteiger partial charge in [0.15, 0.2) is 0 Å². The first kappa shape index (κ1) is 18.8. The van der Waals surface area contributed by atoms with E-state index >= 15 is 0 Å². The number of carbonyl (C=O) groups excluding carboxylic acids is 1. The fraction of sp³-hybridized carbons (Fsp3) is 0.500. The van der Waals surface area contributed by atoms with E-state index in [0.717, 1.165) is 50.4 Å². The molecule has 29 heavy (non-hydrogen) atoms. The van der Waals surface area contributed by atoms with Crippen molar-refractivity contribution >= 4 is 28.9 Å². The van der Waals surface area contributed by atoms with Crippen molar-refractivity contribution in [2.75, 3.05) is 18.0 Å². The molecular weight excluding hydrogens is 382 g/mol. The fourth-order valence-corrected chi connectivity index (χ4v) is 5.65. The molecule has 0 radical (unpaired) electrons. The van der Waals surface area contributed by atoms with Gasteiger partial charge in [0.25, 0.3) is 0 Å². The fourth-order valence-electron chi connectivity index (χ4n) is 4.99. The number of aromatic nitrogens is 1. The first-order valence-electron chi connectivity index (χ1n) is 10.6. The molecule has 4 heterocycles. The van der Waals surface area contributed by atoms with E-state index in [1.165, 1.54) is 24.8 Å². The van der Waals surface area contributed by atoms with Gasteiger partial charge in [-0.3, -0.25) is 25.1 Å². The molecule has 3 fully saturated rings. The van der Waals surface area contributed by atoms with Gasteiger partial charge in [-0.2, -0.15) is 11.3 Å². The molecular formula is C22H27N5OS. The van der Waals surface area contributed by atoms with Crippen molar-refractivity contribution in [1.82, 2.24) is 15.2 Å². The minimum atomic E-state index is -0.423. The third kappa shape index (κ3) is 3.57. The number of anilines is 1. The SMILES string of the molecule is O=C1NC(=NC2CCCCC2)C2(CCN(Cc3ccsc3)C2)N1c1cccnc1. The number of likely N-dealkylation sites (tertiary alicyclic amines) is 1. The van der Waals surface area contributed by atoms with Crippen LogP contribution in [0.1, 0.15) is 44.1 Å². The maximum absolute atomic E-state index is 13.1. The van der Waals surface area contributed by atoms with Crippen molar-refractivity contribution in [2.45, 2.75) is 56.7 Å². The van der Waals surface area contributed by atoms with Crippen molar-refractivity contribution in [3.8, 4) is 0 Å². The number of nitrogens with one attached hydrogen (secondary N) is 1. The highest BCUT2D eigenvalue weighted by Gasteiger charge is 2.55. The lowest BCUT2D eigenvalue weighted by molar-refractivity contribution is 0.250. The van der Waals surface area contributed by atoms with Crippen molar-refractivity contribution in [2.24, 2.45) is 4.99 Å². The molecule has 5 rings (SSSR count). The molecule has 2 aliphatic heterocycles. The van der Waals surface area contributed by atoms with Gasteiger partial charge in [-0.25, -0.2) is 4.79 Å². The van der Waals surface area contributed by atoms with Crippen LogP contribution in [0.5, 0.6) is 0 Å². The molecule has 0 bridgehead atoms. The minimum Gasteiger partial charge on any atom is -0.296 e. The van der Waals surface area contributed by atoms with E-state index in [9.17, 15) is 4.79 Å². The highest BCUT2D eigenvalue weighted by Crippen LogP contribution is 2.38. The Hall–Kier alpha value is -2.25. The van der Waals surface area contributed by atoms with Crippen molar-refractivity contribution in [3.05, 3.63) is 46.9 Å². The first-order chi connectivity index (χ1) is 14.2. The highest BCUT2D eigenvalue weighted by molar-refractivity contribution is 7.07. The summed E-state index contributed by atoms with van der Waals surface area (Å²) in [7, 11) is 0. The smallest absolute Gasteiger partial charge is 0.296 e. The van der Waals surface area contributed by atoms with Gasteiger partial charge in [0.05, 0.1) is 17.9 Å². The van der Waals surface area contributed by atoms with Crippen LogP contribution < -0.4 is 10.2 Å². The molecule has 1 atom stereocenters. The predicted molar refractivity (Wildman–Crippen MR) is 116 cm³/mol. The summed E-state index contributed by atoms with van der Waals surface area (Å²) in [6.45, 7) is 2.66. The summed E-state index contributed by atoms with van der Waals surface area (Å²) >= 11 is 1.73. The van der Waals surface area contributed by atoms with E-state index in [1.807, 2.05) is 17.0 Å². The van der Waals surface area contributed by atoms with Gasteiger partial charge in [0, 0.05) is 25.8 Å². The molecule has 152 valence electrons. The van der Waals surface area contributed by atoms with Crippen LogP contribution in [0.15, 0.2) is 46.3 Å². The largest absolute Gasteiger partial charge is 0.328 e. The van der Waals surface area contributed by atoms with Crippen LogP contribution in [0, 0.1) is 0 Å². The second kappa shape index (κ2) is 7.88. The number of amidine groups is 1. The highest BCUT2D eigenvalue weighted by atomic mass is 32.1. The molecule has 7 heteroatoms. The average Bonchev–Trinajstić information content (AvgIpc) is 3.46. The van der Waals surface area contributed by atoms with Crippen molar-refractivity contribution < 1.29 is 4.79 Å². The number of carbonyl (C=O) groups is 1. The summed E-state index contributed by atoms with van der Waals surface area (Å²) in [5, 5.41) is 7.48. The zero-order chi connectivity index (χ0) is 19.7. The lowest BCUT2D eigenvalue weighted by Crippen LogP contribution is -2.52. The van der Waals surface area contributed by atoms with E-state index < -0.39 is 5.54 Å². The van der Waals surface area contributed by atoms with Crippen LogP contribution in [0.4, 0.5) is 10.5 Å². The number of nitrogens with zero attached hydrogens (tertiary/aromatic N) is 4. The van der Waals surface area contributed by atoms with Crippen LogP contribution in [0.3, 0.4) is 0 Å². The molecule has 2 saturated heterocycles. The second-order valence-electron chi connectivity index (χ2n) is 8.37. The lowest BCUT2D eigenvalue weighted by Gasteiger charge is -2.34. The molecule has 1 spiro atoms. The van der Waals surface area contributed by atoms with E-state index in [-0.39, 0.29) is 6.03 Å². The Balaban J connectivity index is 1.48. The third-order valence-corrected chi connectivity index (χ3v) is 7.13. The summed E-state index contributed by atoms with van der Waals surface area (Å²) in [4.78, 5) is 26.9. The van der Waals surface area contributed by atoms with E-state index in [4.69, 9.17) is 4.99 Å². The Kier molecular flexibility index (Phi) is 5.09. The number of hydrogen-bond donors (Lipinski definition) is 1. The first-order valence-corrected chi connectivity index (χ1v) is 11.5.